The molecule has 7 heteroatoms. The number of thiophene rings is 1. The zero-order valence-electron chi connectivity index (χ0n) is 12.1. The minimum Gasteiger partial charge on any atom is -0.299 e. The van der Waals surface area contributed by atoms with E-state index in [1.165, 1.54) is 42.4 Å². The number of halogens is 2. The van der Waals surface area contributed by atoms with E-state index >= 15 is 0 Å². The summed E-state index contributed by atoms with van der Waals surface area (Å²) in [7, 11) is 0. The summed E-state index contributed by atoms with van der Waals surface area (Å²) in [4.78, 5) is 21.3. The summed E-state index contributed by atoms with van der Waals surface area (Å²) in [5.41, 5.74) is 0.470. The highest BCUT2D eigenvalue weighted by Crippen LogP contribution is 2.32. The van der Waals surface area contributed by atoms with Gasteiger partial charge in [0.15, 0.2) is 0 Å². The molecule has 0 aliphatic rings. The molecule has 2 aromatic heterocycles. The molecule has 0 saturated heterocycles. The van der Waals surface area contributed by atoms with Crippen LogP contribution in [0.5, 0.6) is 0 Å². The van der Waals surface area contributed by atoms with Crippen LogP contribution in [0.1, 0.15) is 12.5 Å². The monoisotopic (exact) mass is 366 g/mol. The van der Waals surface area contributed by atoms with Gasteiger partial charge in [0, 0.05) is 10.4 Å². The number of Topliss-reactive ketones (excluding diaryl/α,β-unsaturated/α-hetero) is 1. The molecule has 0 spiro atoms. The van der Waals surface area contributed by atoms with Gasteiger partial charge < -0.3 is 0 Å². The average Bonchev–Trinajstić information content (AvgIpc) is 2.98. The topological polar surface area (TPSA) is 42.9 Å². The van der Waals surface area contributed by atoms with Gasteiger partial charge in [-0.3, -0.25) is 4.79 Å². The van der Waals surface area contributed by atoms with E-state index in [-0.39, 0.29) is 5.78 Å². The van der Waals surface area contributed by atoms with Crippen LogP contribution in [0.15, 0.2) is 41.0 Å². The van der Waals surface area contributed by atoms with E-state index in [0.29, 0.717) is 17.0 Å². The van der Waals surface area contributed by atoms with Crippen molar-refractivity contribution in [3.05, 3.63) is 52.4 Å². The number of benzene rings is 1. The number of carbonyl (C=O) groups is 1. The number of hydrogen-bond donors (Lipinski definition) is 0. The minimum absolute atomic E-state index is 0.0219. The number of ketones is 1. The Morgan fingerprint density at radius 3 is 2.96 bits per heavy atom. The Labute approximate surface area is 145 Å². The fourth-order valence-corrected chi connectivity index (χ4v) is 4.21. The van der Waals surface area contributed by atoms with Crippen LogP contribution >= 0.6 is 34.7 Å². The van der Waals surface area contributed by atoms with Gasteiger partial charge in [0.05, 0.1) is 5.25 Å². The Hall–Kier alpha value is -1.50. The fourth-order valence-electron chi connectivity index (χ4n) is 2.15. The first-order valence-electron chi connectivity index (χ1n) is 6.84. The molecule has 2 heterocycles. The van der Waals surface area contributed by atoms with Crippen molar-refractivity contribution >= 4 is 50.7 Å². The number of hydrogen-bond acceptors (Lipinski definition) is 5. The quantitative estimate of drug-likeness (QED) is 0.481. The summed E-state index contributed by atoms with van der Waals surface area (Å²) >= 11 is 8.64. The van der Waals surface area contributed by atoms with E-state index in [9.17, 15) is 9.18 Å². The van der Waals surface area contributed by atoms with Crippen molar-refractivity contribution in [2.24, 2.45) is 0 Å². The number of rotatable bonds is 5. The van der Waals surface area contributed by atoms with Crippen LogP contribution in [0.25, 0.3) is 10.2 Å². The van der Waals surface area contributed by atoms with Crippen LogP contribution in [0.2, 0.25) is 5.02 Å². The number of thioether (sulfide) groups is 1. The van der Waals surface area contributed by atoms with Crippen LogP contribution in [-0.2, 0) is 11.2 Å². The summed E-state index contributed by atoms with van der Waals surface area (Å²) < 4.78 is 14.0. The van der Waals surface area contributed by atoms with E-state index < -0.39 is 11.1 Å². The number of aromatic nitrogens is 2. The normalized spacial score (nSPS) is 12.5. The number of carbonyl (C=O) groups excluding carboxylic acids is 1. The molecule has 0 N–H and O–H groups in total. The lowest BCUT2D eigenvalue weighted by molar-refractivity contribution is -0.116. The lowest BCUT2D eigenvalue weighted by Gasteiger charge is -2.14. The third-order valence-electron chi connectivity index (χ3n) is 3.35. The van der Waals surface area contributed by atoms with Crippen LogP contribution in [0, 0.1) is 5.82 Å². The molecule has 3 nitrogen and oxygen atoms in total. The van der Waals surface area contributed by atoms with Crippen molar-refractivity contribution < 1.29 is 9.18 Å². The van der Waals surface area contributed by atoms with Crippen molar-refractivity contribution in [1.29, 1.82) is 0 Å². The summed E-state index contributed by atoms with van der Waals surface area (Å²) in [6, 6.07) is 6.45. The Balaban J connectivity index is 1.87. The Kier molecular flexibility index (Phi) is 4.94. The zero-order chi connectivity index (χ0) is 16.4. The second kappa shape index (κ2) is 6.95. The molecule has 1 atom stereocenters. The first-order chi connectivity index (χ1) is 11.0. The Morgan fingerprint density at radius 2 is 2.22 bits per heavy atom. The highest BCUT2D eigenvalue weighted by Gasteiger charge is 2.20. The molecule has 1 unspecified atom stereocenters. The fraction of sp³-hybridized carbons (Fsp3) is 0.188. The van der Waals surface area contributed by atoms with Gasteiger partial charge in [0.1, 0.15) is 27.8 Å². The van der Waals surface area contributed by atoms with Crippen molar-refractivity contribution in [3.8, 4) is 0 Å². The second-order valence-electron chi connectivity index (χ2n) is 4.98. The maximum Gasteiger partial charge on any atom is 0.143 e. The average molecular weight is 367 g/mol. The predicted molar refractivity (Wildman–Crippen MR) is 92.9 cm³/mol. The van der Waals surface area contributed by atoms with Gasteiger partial charge in [0.2, 0.25) is 0 Å². The van der Waals surface area contributed by atoms with E-state index in [0.717, 1.165) is 15.2 Å². The lowest BCUT2D eigenvalue weighted by atomic mass is 10.1. The van der Waals surface area contributed by atoms with Crippen molar-refractivity contribution in [1.82, 2.24) is 9.97 Å². The van der Waals surface area contributed by atoms with Crippen molar-refractivity contribution in [3.63, 3.8) is 0 Å². The van der Waals surface area contributed by atoms with Gasteiger partial charge in [-0.25, -0.2) is 14.4 Å². The highest BCUT2D eigenvalue weighted by molar-refractivity contribution is 8.00. The second-order valence-corrected chi connectivity index (χ2v) is 7.50. The zero-order valence-corrected chi connectivity index (χ0v) is 14.5. The van der Waals surface area contributed by atoms with E-state index in [4.69, 9.17) is 11.6 Å². The molecule has 0 aliphatic carbocycles. The molecule has 3 rings (SSSR count). The molecule has 3 aromatic rings. The molecule has 23 heavy (non-hydrogen) atoms. The van der Waals surface area contributed by atoms with Gasteiger partial charge in [-0.1, -0.05) is 29.4 Å². The maximum atomic E-state index is 14.0. The summed E-state index contributed by atoms with van der Waals surface area (Å²) in [6.07, 6.45) is 1.78. The molecule has 0 amide bonds. The summed E-state index contributed by atoms with van der Waals surface area (Å²) in [5, 5.41) is 3.53. The summed E-state index contributed by atoms with van der Waals surface area (Å²) in [5.74, 6) is -0.418. The predicted octanol–water partition coefficient (Wildman–Crippen LogP) is 4.78. The van der Waals surface area contributed by atoms with Crippen molar-refractivity contribution in [2.75, 3.05) is 0 Å². The molecule has 0 bridgehead atoms. The summed E-state index contributed by atoms with van der Waals surface area (Å²) in [6.45, 7) is 1.51. The first kappa shape index (κ1) is 16.4. The molecule has 0 radical (unpaired) electrons. The molecule has 0 fully saturated rings. The third-order valence-corrected chi connectivity index (χ3v) is 5.74. The van der Waals surface area contributed by atoms with Crippen LogP contribution in [-0.4, -0.2) is 21.0 Å². The molecular weight excluding hydrogens is 355 g/mol. The minimum atomic E-state index is -0.413. The van der Waals surface area contributed by atoms with Gasteiger partial charge in [-0.05, 0) is 42.5 Å². The highest BCUT2D eigenvalue weighted by atomic mass is 35.5. The van der Waals surface area contributed by atoms with Crippen LogP contribution in [0.3, 0.4) is 0 Å². The van der Waals surface area contributed by atoms with Gasteiger partial charge in [0.25, 0.3) is 0 Å². The Bertz CT molecular complexity index is 868. The first-order valence-corrected chi connectivity index (χ1v) is 8.97. The molecule has 0 aliphatic heterocycles. The number of fused-ring (bicyclic) bond motifs is 1. The lowest BCUT2D eigenvalue weighted by Crippen LogP contribution is -2.17. The number of nitrogens with zero attached hydrogens (tertiary/aromatic N) is 2. The molecule has 0 saturated carbocycles. The largest absolute Gasteiger partial charge is 0.299 e. The third kappa shape index (κ3) is 3.71. The SMILES string of the molecule is CC(=O)C(Cc1ccc(Cl)cc1F)Sc1ncnc2sccc12. The smallest absolute Gasteiger partial charge is 0.143 e. The maximum absolute atomic E-state index is 14.0. The van der Waals surface area contributed by atoms with Gasteiger partial charge in [-0.15, -0.1) is 11.3 Å². The van der Waals surface area contributed by atoms with Gasteiger partial charge in [-0.2, -0.15) is 0 Å². The van der Waals surface area contributed by atoms with Crippen molar-refractivity contribution in [2.45, 2.75) is 23.6 Å². The molecular formula is C16H12ClFN2OS2. The molecule has 118 valence electrons. The molecule has 1 aromatic carbocycles. The standard InChI is InChI=1S/C16H12ClFN2OS2/c1-9(21)14(6-10-2-3-11(17)7-13(10)18)23-16-12-4-5-22-15(12)19-8-20-16/h2-5,7-8,14H,6H2,1H3. The van der Waals surface area contributed by atoms with Crippen LogP contribution in [0.4, 0.5) is 4.39 Å². The van der Waals surface area contributed by atoms with E-state index in [1.807, 2.05) is 11.4 Å². The Morgan fingerprint density at radius 1 is 1.39 bits per heavy atom. The van der Waals surface area contributed by atoms with Crippen LogP contribution < -0.4 is 0 Å². The van der Waals surface area contributed by atoms with Gasteiger partial charge >= 0.3 is 0 Å². The van der Waals surface area contributed by atoms with E-state index in [2.05, 4.69) is 9.97 Å². The van der Waals surface area contributed by atoms with E-state index in [1.54, 1.807) is 12.1 Å².